The zero-order valence-electron chi connectivity index (χ0n) is 15.5. The minimum atomic E-state index is -1.03. The molecule has 0 aliphatic rings. The fourth-order valence-electron chi connectivity index (χ4n) is 2.65. The molecule has 0 radical (unpaired) electrons. The van der Waals surface area contributed by atoms with Gasteiger partial charge in [0.1, 0.15) is 5.75 Å². The molecule has 0 unspecified atom stereocenters. The van der Waals surface area contributed by atoms with Crippen molar-refractivity contribution in [1.82, 2.24) is 0 Å². The van der Waals surface area contributed by atoms with Crippen LogP contribution in [0, 0.1) is 5.41 Å². The van der Waals surface area contributed by atoms with Gasteiger partial charge in [0, 0.05) is 6.42 Å². The van der Waals surface area contributed by atoms with E-state index < -0.39 is 11.4 Å². The molecule has 1 aromatic carbocycles. The third-order valence-electron chi connectivity index (χ3n) is 4.65. The highest BCUT2D eigenvalue weighted by Crippen LogP contribution is 2.34. The van der Waals surface area contributed by atoms with E-state index in [0.717, 1.165) is 5.56 Å². The van der Waals surface area contributed by atoms with Gasteiger partial charge < -0.3 is 15.2 Å². The molecule has 0 heterocycles. The fraction of sp³-hybridized carbons (Fsp3) is 0.579. The first-order valence-corrected chi connectivity index (χ1v) is 8.31. The minimum Gasteiger partial charge on any atom is -0.495 e. The number of anilines is 1. The highest BCUT2D eigenvalue weighted by Gasteiger charge is 2.37. The van der Waals surface area contributed by atoms with Crippen molar-refractivity contribution in [3.63, 3.8) is 0 Å². The Balaban J connectivity index is 3.07. The summed E-state index contributed by atoms with van der Waals surface area (Å²) in [5.41, 5.74) is 0.540. The number of benzene rings is 1. The van der Waals surface area contributed by atoms with E-state index in [0.29, 0.717) is 24.3 Å². The number of carbonyl (C=O) groups is 2. The lowest BCUT2D eigenvalue weighted by Gasteiger charge is -2.26. The molecule has 0 saturated carbocycles. The summed E-state index contributed by atoms with van der Waals surface area (Å²) in [4.78, 5) is 24.0. The van der Waals surface area contributed by atoms with Crippen LogP contribution in [-0.4, -0.2) is 24.1 Å². The van der Waals surface area contributed by atoms with Gasteiger partial charge in [-0.1, -0.05) is 40.7 Å². The van der Waals surface area contributed by atoms with Crippen LogP contribution in [0.5, 0.6) is 5.75 Å². The SMILES string of the molecule is CCC(CC)(CC(=O)Nc1cc(C(C)(C)C)ccc1OC)C(=O)O. The van der Waals surface area contributed by atoms with Crippen LogP contribution in [0.2, 0.25) is 0 Å². The highest BCUT2D eigenvalue weighted by atomic mass is 16.5. The number of aliphatic carboxylic acids is 1. The number of rotatable bonds is 7. The normalized spacial score (nSPS) is 11.9. The van der Waals surface area contributed by atoms with Crippen molar-refractivity contribution in [1.29, 1.82) is 0 Å². The maximum atomic E-state index is 12.4. The topological polar surface area (TPSA) is 75.6 Å². The smallest absolute Gasteiger partial charge is 0.310 e. The molecular formula is C19H29NO4. The average molecular weight is 335 g/mol. The Kier molecular flexibility index (Phi) is 6.41. The predicted molar refractivity (Wildman–Crippen MR) is 95.6 cm³/mol. The summed E-state index contributed by atoms with van der Waals surface area (Å²) in [5.74, 6) is -0.686. The first kappa shape index (κ1) is 20.0. The van der Waals surface area contributed by atoms with Crippen LogP contribution in [0.25, 0.3) is 0 Å². The van der Waals surface area contributed by atoms with Crippen molar-refractivity contribution >= 4 is 17.6 Å². The standard InChI is InChI=1S/C19H29NO4/c1-7-19(8-2,17(22)23)12-16(21)20-14-11-13(18(3,4)5)9-10-15(14)24-6/h9-11H,7-8,12H2,1-6H3,(H,20,21)(H,22,23). The number of amides is 1. The van der Waals surface area contributed by atoms with E-state index >= 15 is 0 Å². The summed E-state index contributed by atoms with van der Waals surface area (Å²) in [6.07, 6.45) is 0.759. The van der Waals surface area contributed by atoms with E-state index in [1.54, 1.807) is 21.0 Å². The van der Waals surface area contributed by atoms with E-state index in [4.69, 9.17) is 4.74 Å². The third kappa shape index (κ3) is 4.49. The van der Waals surface area contributed by atoms with E-state index in [9.17, 15) is 14.7 Å². The van der Waals surface area contributed by atoms with Gasteiger partial charge in [-0.15, -0.1) is 0 Å². The maximum absolute atomic E-state index is 12.4. The Morgan fingerprint density at radius 2 is 1.75 bits per heavy atom. The number of carbonyl (C=O) groups excluding carboxylic acids is 1. The Morgan fingerprint density at radius 3 is 2.17 bits per heavy atom. The molecule has 2 N–H and O–H groups in total. The van der Waals surface area contributed by atoms with Crippen molar-refractivity contribution in [2.24, 2.45) is 5.41 Å². The molecule has 0 aromatic heterocycles. The van der Waals surface area contributed by atoms with Gasteiger partial charge >= 0.3 is 5.97 Å². The van der Waals surface area contributed by atoms with Gasteiger partial charge in [-0.05, 0) is 36.0 Å². The summed E-state index contributed by atoms with van der Waals surface area (Å²) >= 11 is 0. The minimum absolute atomic E-state index is 0.0573. The molecule has 0 spiro atoms. The molecule has 5 nitrogen and oxygen atoms in total. The summed E-state index contributed by atoms with van der Waals surface area (Å²) in [7, 11) is 1.54. The molecule has 0 fully saturated rings. The first-order valence-electron chi connectivity index (χ1n) is 8.31. The Morgan fingerprint density at radius 1 is 1.17 bits per heavy atom. The second-order valence-corrected chi connectivity index (χ2v) is 7.18. The molecule has 24 heavy (non-hydrogen) atoms. The van der Waals surface area contributed by atoms with Crippen molar-refractivity contribution in [3.8, 4) is 5.75 Å². The summed E-state index contributed by atoms with van der Waals surface area (Å²) in [5, 5.41) is 12.3. The highest BCUT2D eigenvalue weighted by molar-refractivity contribution is 5.95. The van der Waals surface area contributed by atoms with Crippen LogP contribution >= 0.6 is 0 Å². The molecule has 0 bridgehead atoms. The molecule has 0 atom stereocenters. The first-order chi connectivity index (χ1) is 11.1. The van der Waals surface area contributed by atoms with Crippen molar-refractivity contribution in [2.75, 3.05) is 12.4 Å². The van der Waals surface area contributed by atoms with Crippen molar-refractivity contribution in [2.45, 2.75) is 59.3 Å². The molecule has 1 rings (SSSR count). The zero-order valence-corrected chi connectivity index (χ0v) is 15.5. The van der Waals surface area contributed by atoms with Crippen LogP contribution in [0.4, 0.5) is 5.69 Å². The number of carboxylic acids is 1. The molecule has 0 aliphatic heterocycles. The largest absolute Gasteiger partial charge is 0.495 e. The van der Waals surface area contributed by atoms with Gasteiger partial charge in [0.05, 0.1) is 18.2 Å². The molecule has 0 saturated heterocycles. The Labute approximate surface area is 144 Å². The number of hydrogen-bond acceptors (Lipinski definition) is 3. The van der Waals surface area contributed by atoms with Gasteiger partial charge in [-0.3, -0.25) is 9.59 Å². The van der Waals surface area contributed by atoms with Crippen LogP contribution in [0.15, 0.2) is 18.2 Å². The van der Waals surface area contributed by atoms with Gasteiger partial charge in [0.25, 0.3) is 0 Å². The maximum Gasteiger partial charge on any atom is 0.310 e. The molecule has 5 heteroatoms. The van der Waals surface area contributed by atoms with Gasteiger partial charge in [-0.25, -0.2) is 0 Å². The lowest BCUT2D eigenvalue weighted by atomic mass is 9.79. The Hall–Kier alpha value is -2.04. The predicted octanol–water partition coefficient (Wildman–Crippen LogP) is 4.21. The van der Waals surface area contributed by atoms with E-state index in [-0.39, 0.29) is 17.7 Å². The Bertz CT molecular complexity index is 598. The van der Waals surface area contributed by atoms with Crippen molar-refractivity contribution in [3.05, 3.63) is 23.8 Å². The van der Waals surface area contributed by atoms with Crippen LogP contribution in [0.1, 0.15) is 59.4 Å². The van der Waals surface area contributed by atoms with Crippen LogP contribution in [-0.2, 0) is 15.0 Å². The second-order valence-electron chi connectivity index (χ2n) is 7.18. The second kappa shape index (κ2) is 7.69. The van der Waals surface area contributed by atoms with Gasteiger partial charge in [-0.2, -0.15) is 0 Å². The number of nitrogens with one attached hydrogen (secondary N) is 1. The van der Waals surface area contributed by atoms with E-state index in [1.807, 2.05) is 18.2 Å². The molecule has 1 amide bonds. The van der Waals surface area contributed by atoms with Gasteiger partial charge in [0.2, 0.25) is 5.91 Å². The molecule has 0 aliphatic carbocycles. The average Bonchev–Trinajstić information content (AvgIpc) is 2.51. The summed E-state index contributed by atoms with van der Waals surface area (Å²) in [6, 6.07) is 5.67. The quantitative estimate of drug-likeness (QED) is 0.782. The fourth-order valence-corrected chi connectivity index (χ4v) is 2.65. The number of methoxy groups -OCH3 is 1. The van der Waals surface area contributed by atoms with Crippen LogP contribution < -0.4 is 10.1 Å². The molecule has 134 valence electrons. The number of carboxylic acid groups (broad SMARTS) is 1. The molecular weight excluding hydrogens is 306 g/mol. The molecule has 1 aromatic rings. The lowest BCUT2D eigenvalue weighted by Crippen LogP contribution is -2.34. The van der Waals surface area contributed by atoms with Gasteiger partial charge in [0.15, 0.2) is 0 Å². The van der Waals surface area contributed by atoms with Crippen LogP contribution in [0.3, 0.4) is 0 Å². The third-order valence-corrected chi connectivity index (χ3v) is 4.65. The van der Waals surface area contributed by atoms with E-state index in [2.05, 4.69) is 26.1 Å². The number of hydrogen-bond donors (Lipinski definition) is 2. The number of ether oxygens (including phenoxy) is 1. The zero-order chi connectivity index (χ0) is 18.5. The monoisotopic (exact) mass is 335 g/mol. The van der Waals surface area contributed by atoms with E-state index in [1.165, 1.54) is 0 Å². The summed E-state index contributed by atoms with van der Waals surface area (Å²) in [6.45, 7) is 9.86. The summed E-state index contributed by atoms with van der Waals surface area (Å²) < 4.78 is 5.31. The van der Waals surface area contributed by atoms with Crippen molar-refractivity contribution < 1.29 is 19.4 Å². The lowest BCUT2D eigenvalue weighted by molar-refractivity contribution is -0.151.